The molecular weight excluding hydrogens is 204 g/mol. The number of thioether (sulfide) groups is 1. The molecule has 0 bridgehead atoms. The molecule has 0 amide bonds. The lowest BCUT2D eigenvalue weighted by Crippen LogP contribution is -2.31. The fourth-order valence-electron chi connectivity index (χ4n) is 1.39. The second-order valence-electron chi connectivity index (χ2n) is 2.81. The van der Waals surface area contributed by atoms with E-state index >= 15 is 0 Å². The fraction of sp³-hybridized carbons (Fsp3) is 0.125. The van der Waals surface area contributed by atoms with Gasteiger partial charge in [-0.1, -0.05) is 6.07 Å². The molecule has 1 N–H and O–H groups in total. The van der Waals surface area contributed by atoms with E-state index in [1.165, 1.54) is 6.07 Å². The molecule has 70 valence electrons. The molecule has 2 rings (SSSR count). The van der Waals surface area contributed by atoms with Crippen molar-refractivity contribution < 1.29 is 14.1 Å². The van der Waals surface area contributed by atoms with Crippen LogP contribution in [0.25, 0.3) is 0 Å². The lowest BCUT2D eigenvalue weighted by molar-refractivity contribution is 0.275. The minimum absolute atomic E-state index is 0.158. The third-order valence-corrected chi connectivity index (χ3v) is 2.66. The Morgan fingerprint density at radius 2 is 2.43 bits per heavy atom. The van der Waals surface area contributed by atoms with Gasteiger partial charge in [-0.15, -0.1) is 0 Å². The van der Waals surface area contributed by atoms with Crippen molar-refractivity contribution in [2.45, 2.75) is 11.5 Å². The zero-order chi connectivity index (χ0) is 10.1. The smallest absolute Gasteiger partial charge is 0.423 e. The van der Waals surface area contributed by atoms with Crippen molar-refractivity contribution in [1.29, 1.82) is 5.26 Å². The summed E-state index contributed by atoms with van der Waals surface area (Å²) in [5.41, 5.74) is 0.794. The average Bonchev–Trinajstić information content (AvgIpc) is 2.54. The monoisotopic (exact) mass is 209 g/mol. The van der Waals surface area contributed by atoms with Crippen LogP contribution < -0.4 is 5.46 Å². The van der Waals surface area contributed by atoms with Crippen LogP contribution in [0.1, 0.15) is 5.56 Å². The Hall–Kier alpha value is -1.03. The molecule has 0 spiro atoms. The van der Waals surface area contributed by atoms with E-state index in [9.17, 15) is 9.41 Å². The molecule has 1 aromatic carbocycles. The highest BCUT2D eigenvalue weighted by atomic mass is 32.2. The molecule has 0 unspecified atom stereocenters. The van der Waals surface area contributed by atoms with E-state index in [1.807, 2.05) is 0 Å². The molecule has 1 aliphatic heterocycles. The van der Waals surface area contributed by atoms with Gasteiger partial charge in [0.05, 0.1) is 11.5 Å². The molecule has 1 aromatic rings. The number of hydrogen-bond donors (Lipinski definition) is 1. The maximum atomic E-state index is 13.6. The largest absolute Gasteiger partial charge is 0.494 e. The summed E-state index contributed by atoms with van der Waals surface area (Å²) in [6.07, 6.45) is 0. The Labute approximate surface area is 84.6 Å². The predicted octanol–water partition coefficient (Wildman–Crippen LogP) is 0.617. The van der Waals surface area contributed by atoms with Gasteiger partial charge in [-0.2, -0.15) is 5.26 Å². The summed E-state index contributed by atoms with van der Waals surface area (Å²) >= 11 is 0.734. The first-order valence-corrected chi connectivity index (χ1v) is 4.72. The number of nitrogens with zero attached hydrogens (tertiary/aromatic N) is 1. The maximum absolute atomic E-state index is 13.6. The van der Waals surface area contributed by atoms with Gasteiger partial charge < -0.3 is 9.68 Å². The molecule has 0 atom stereocenters. The van der Waals surface area contributed by atoms with Crippen molar-refractivity contribution in [3.05, 3.63) is 23.5 Å². The molecule has 6 heteroatoms. The summed E-state index contributed by atoms with van der Waals surface area (Å²) in [6.45, 7) is 0.213. The minimum Gasteiger partial charge on any atom is -0.423 e. The van der Waals surface area contributed by atoms with E-state index < -0.39 is 12.9 Å². The van der Waals surface area contributed by atoms with Gasteiger partial charge in [0.2, 0.25) is 0 Å². The van der Waals surface area contributed by atoms with Gasteiger partial charge in [0.15, 0.2) is 0 Å². The highest BCUT2D eigenvalue weighted by molar-refractivity contribution is 8.03. The first kappa shape index (κ1) is 9.53. The van der Waals surface area contributed by atoms with Gasteiger partial charge >= 0.3 is 7.12 Å². The van der Waals surface area contributed by atoms with Gasteiger partial charge in [0, 0.05) is 5.46 Å². The van der Waals surface area contributed by atoms with Gasteiger partial charge in [-0.25, -0.2) is 4.39 Å². The molecule has 0 radical (unpaired) electrons. The summed E-state index contributed by atoms with van der Waals surface area (Å²) in [5, 5.41) is 19.5. The van der Waals surface area contributed by atoms with Crippen molar-refractivity contribution in [1.82, 2.24) is 0 Å². The van der Waals surface area contributed by atoms with Gasteiger partial charge in [-0.05, 0) is 23.4 Å². The van der Waals surface area contributed by atoms with Gasteiger partial charge in [0.1, 0.15) is 11.2 Å². The van der Waals surface area contributed by atoms with Crippen LogP contribution in [0.2, 0.25) is 0 Å². The number of rotatable bonds is 1. The summed E-state index contributed by atoms with van der Waals surface area (Å²) in [6, 6.07) is 3.18. The lowest BCUT2D eigenvalue weighted by Gasteiger charge is -2.03. The molecule has 0 fully saturated rings. The Bertz CT molecular complexity index is 421. The van der Waals surface area contributed by atoms with E-state index in [1.54, 1.807) is 11.5 Å². The van der Waals surface area contributed by atoms with Crippen molar-refractivity contribution in [2.75, 3.05) is 0 Å². The number of thiocyanates is 1. The fourth-order valence-corrected chi connectivity index (χ4v) is 1.82. The maximum Gasteiger partial charge on any atom is 0.494 e. The van der Waals surface area contributed by atoms with Crippen LogP contribution in [0.15, 0.2) is 17.0 Å². The molecule has 0 aliphatic carbocycles. The Balaban J connectivity index is 2.51. The standard InChI is InChI=1S/C8H5BFNO2S/c10-8-6(14-4-11)2-1-5-3-13-9(12)7(5)8/h1-2,12H,3H2. The second kappa shape index (κ2) is 3.61. The SMILES string of the molecule is N#CSc1ccc2c(c1F)B(O)OC2. The molecule has 1 heterocycles. The third kappa shape index (κ3) is 1.40. The normalized spacial score (nSPS) is 13.9. The van der Waals surface area contributed by atoms with Crippen molar-refractivity contribution in [3.8, 4) is 5.40 Å². The van der Waals surface area contributed by atoms with E-state index in [4.69, 9.17) is 9.92 Å². The molecule has 14 heavy (non-hydrogen) atoms. The van der Waals surface area contributed by atoms with Crippen molar-refractivity contribution in [2.24, 2.45) is 0 Å². The highest BCUT2D eigenvalue weighted by Gasteiger charge is 2.32. The Kier molecular flexibility index (Phi) is 2.46. The topological polar surface area (TPSA) is 53.2 Å². The molecule has 0 saturated carbocycles. The van der Waals surface area contributed by atoms with E-state index in [0.29, 0.717) is 5.56 Å². The molecule has 0 saturated heterocycles. The summed E-state index contributed by atoms with van der Waals surface area (Å²) < 4.78 is 18.5. The lowest BCUT2D eigenvalue weighted by atomic mass is 9.79. The molecular formula is C8H5BFNO2S. The second-order valence-corrected chi connectivity index (χ2v) is 3.63. The van der Waals surface area contributed by atoms with Crippen molar-refractivity contribution in [3.63, 3.8) is 0 Å². The molecule has 3 nitrogen and oxygen atoms in total. The van der Waals surface area contributed by atoms with Crippen LogP contribution in [0, 0.1) is 16.5 Å². The van der Waals surface area contributed by atoms with E-state index in [2.05, 4.69) is 0 Å². The Morgan fingerprint density at radius 3 is 3.14 bits per heavy atom. The van der Waals surface area contributed by atoms with Crippen LogP contribution >= 0.6 is 11.8 Å². The van der Waals surface area contributed by atoms with Crippen LogP contribution in [-0.2, 0) is 11.3 Å². The zero-order valence-corrected chi connectivity index (χ0v) is 7.84. The average molecular weight is 209 g/mol. The van der Waals surface area contributed by atoms with Crippen LogP contribution in [0.3, 0.4) is 0 Å². The predicted molar refractivity (Wildman–Crippen MR) is 50.3 cm³/mol. The summed E-state index contributed by atoms with van der Waals surface area (Å²) in [4.78, 5) is 0.218. The number of halogens is 1. The van der Waals surface area contributed by atoms with E-state index in [0.717, 1.165) is 11.8 Å². The van der Waals surface area contributed by atoms with E-state index in [-0.39, 0.29) is 17.0 Å². The quantitative estimate of drug-likeness (QED) is 0.418. The highest BCUT2D eigenvalue weighted by Crippen LogP contribution is 2.23. The van der Waals surface area contributed by atoms with Crippen molar-refractivity contribution >= 4 is 24.3 Å². The van der Waals surface area contributed by atoms with Crippen LogP contribution in [0.5, 0.6) is 0 Å². The van der Waals surface area contributed by atoms with Crippen LogP contribution in [0.4, 0.5) is 4.39 Å². The first-order chi connectivity index (χ1) is 6.74. The van der Waals surface area contributed by atoms with Gasteiger partial charge in [-0.3, -0.25) is 0 Å². The summed E-state index contributed by atoms with van der Waals surface area (Å²) in [5.74, 6) is -0.556. The molecule has 1 aliphatic rings. The Morgan fingerprint density at radius 1 is 1.64 bits per heavy atom. The minimum atomic E-state index is -1.20. The summed E-state index contributed by atoms with van der Waals surface area (Å²) in [7, 11) is -1.20. The zero-order valence-electron chi connectivity index (χ0n) is 7.03. The number of nitriles is 1. The third-order valence-electron chi connectivity index (χ3n) is 2.03. The first-order valence-electron chi connectivity index (χ1n) is 3.91. The number of benzene rings is 1. The van der Waals surface area contributed by atoms with Gasteiger partial charge in [0.25, 0.3) is 0 Å². The number of fused-ring (bicyclic) bond motifs is 1. The number of hydrogen-bond acceptors (Lipinski definition) is 4. The molecule has 0 aromatic heterocycles. The van der Waals surface area contributed by atoms with Crippen LogP contribution in [-0.4, -0.2) is 12.1 Å².